The first kappa shape index (κ1) is 24.4. The summed E-state index contributed by atoms with van der Waals surface area (Å²) in [5, 5.41) is 10.4. The molecule has 0 saturated carbocycles. The highest BCUT2D eigenvalue weighted by atomic mass is 14.4. The maximum absolute atomic E-state index is 2.46. The van der Waals surface area contributed by atoms with Gasteiger partial charge in [0.05, 0.1) is 0 Å². The van der Waals surface area contributed by atoms with Gasteiger partial charge < -0.3 is 0 Å². The van der Waals surface area contributed by atoms with Crippen LogP contribution in [0.5, 0.6) is 0 Å². The summed E-state index contributed by atoms with van der Waals surface area (Å²) < 4.78 is 0. The number of benzene rings is 8. The molecule has 0 radical (unpaired) electrons. The van der Waals surface area contributed by atoms with Crippen molar-refractivity contribution in [3.05, 3.63) is 157 Å². The molecule has 1 aliphatic rings. The zero-order valence-electron chi connectivity index (χ0n) is 24.4. The SMILES string of the molecule is CC1(C)c2ccccc2-c2c1cc(-c1ccc(-c3ccc4ccc5ccc6ccccc6c5c4c3)cc1)c1ccccc21. The van der Waals surface area contributed by atoms with E-state index in [2.05, 4.69) is 159 Å². The third kappa shape index (κ3) is 3.50. The van der Waals surface area contributed by atoms with Gasteiger partial charge >= 0.3 is 0 Å². The van der Waals surface area contributed by atoms with Crippen LogP contribution in [0.4, 0.5) is 0 Å². The van der Waals surface area contributed by atoms with E-state index in [1.807, 2.05) is 0 Å². The number of rotatable bonds is 2. The van der Waals surface area contributed by atoms with Crippen molar-refractivity contribution in [3.63, 3.8) is 0 Å². The van der Waals surface area contributed by atoms with E-state index in [0.29, 0.717) is 0 Å². The summed E-state index contributed by atoms with van der Waals surface area (Å²) in [5.41, 5.74) is 10.6. The van der Waals surface area contributed by atoms with Gasteiger partial charge in [-0.3, -0.25) is 0 Å². The van der Waals surface area contributed by atoms with Crippen LogP contribution in [0.2, 0.25) is 0 Å². The summed E-state index contributed by atoms with van der Waals surface area (Å²) in [6.45, 7) is 4.73. The van der Waals surface area contributed by atoms with Crippen molar-refractivity contribution in [1.82, 2.24) is 0 Å². The van der Waals surface area contributed by atoms with Gasteiger partial charge in [-0.2, -0.15) is 0 Å². The molecule has 0 nitrogen and oxygen atoms in total. The molecule has 1 aliphatic carbocycles. The van der Waals surface area contributed by atoms with Crippen LogP contribution in [0, 0.1) is 0 Å². The van der Waals surface area contributed by atoms with Gasteiger partial charge in [0.1, 0.15) is 0 Å². The Morgan fingerprint density at radius 3 is 1.77 bits per heavy atom. The Morgan fingerprint density at radius 2 is 0.953 bits per heavy atom. The lowest BCUT2D eigenvalue weighted by Gasteiger charge is -2.23. The first-order valence-corrected chi connectivity index (χ1v) is 15.2. The molecule has 0 N–H and O–H groups in total. The minimum absolute atomic E-state index is 0.0390. The van der Waals surface area contributed by atoms with Crippen LogP contribution < -0.4 is 0 Å². The van der Waals surface area contributed by atoms with Gasteiger partial charge in [-0.25, -0.2) is 0 Å². The van der Waals surface area contributed by atoms with Gasteiger partial charge in [-0.15, -0.1) is 0 Å². The number of fused-ring (bicyclic) bond motifs is 10. The van der Waals surface area contributed by atoms with E-state index in [4.69, 9.17) is 0 Å². The predicted octanol–water partition coefficient (Wildman–Crippen LogP) is 11.9. The molecule has 0 saturated heterocycles. The highest BCUT2D eigenvalue weighted by Crippen LogP contribution is 2.53. The van der Waals surface area contributed by atoms with Crippen molar-refractivity contribution >= 4 is 43.1 Å². The van der Waals surface area contributed by atoms with Crippen LogP contribution in [0.3, 0.4) is 0 Å². The molecule has 43 heavy (non-hydrogen) atoms. The predicted molar refractivity (Wildman–Crippen MR) is 185 cm³/mol. The van der Waals surface area contributed by atoms with E-state index >= 15 is 0 Å². The molecular weight excluding hydrogens is 516 g/mol. The Kier molecular flexibility index (Phi) is 5.05. The standard InChI is InChI=1S/C43H30/c1-43(2)39-14-8-7-13-36(39)42-35-12-6-5-11-34(35)37(26-40(42)43)29-17-15-27(16-18-29)32-24-21-30-20-23-31-22-19-28-9-3-4-10-33(28)41(31)38(30)25-32/h3-26H,1-2H3. The van der Waals surface area contributed by atoms with Gasteiger partial charge in [0.15, 0.2) is 0 Å². The van der Waals surface area contributed by atoms with E-state index < -0.39 is 0 Å². The third-order valence-corrected chi connectivity index (χ3v) is 9.84. The molecule has 8 aromatic carbocycles. The van der Waals surface area contributed by atoms with Gasteiger partial charge in [0, 0.05) is 5.41 Å². The second-order valence-electron chi connectivity index (χ2n) is 12.5. The highest BCUT2D eigenvalue weighted by Gasteiger charge is 2.36. The Hall–Kier alpha value is -5.20. The fraction of sp³-hybridized carbons (Fsp3) is 0.0698. The number of hydrogen-bond donors (Lipinski definition) is 0. The van der Waals surface area contributed by atoms with Crippen LogP contribution in [0.1, 0.15) is 25.0 Å². The summed E-state index contributed by atoms with van der Waals surface area (Å²) in [5.74, 6) is 0. The normalized spacial score (nSPS) is 13.5. The lowest BCUT2D eigenvalue weighted by Crippen LogP contribution is -2.15. The summed E-state index contributed by atoms with van der Waals surface area (Å²) in [6.07, 6.45) is 0. The van der Waals surface area contributed by atoms with E-state index in [1.165, 1.54) is 87.6 Å². The van der Waals surface area contributed by atoms with E-state index in [-0.39, 0.29) is 5.41 Å². The van der Waals surface area contributed by atoms with E-state index in [0.717, 1.165) is 0 Å². The second kappa shape index (κ2) is 8.90. The molecule has 9 rings (SSSR count). The first-order valence-electron chi connectivity index (χ1n) is 15.2. The largest absolute Gasteiger partial charge is 0.0619 e. The van der Waals surface area contributed by atoms with Crippen LogP contribution in [0.25, 0.3) is 76.5 Å². The summed E-state index contributed by atoms with van der Waals surface area (Å²) in [6, 6.07) is 54.1. The second-order valence-corrected chi connectivity index (χ2v) is 12.5. The lowest BCUT2D eigenvalue weighted by atomic mass is 9.80. The van der Waals surface area contributed by atoms with Crippen LogP contribution in [0.15, 0.2) is 146 Å². The minimum atomic E-state index is -0.0390. The van der Waals surface area contributed by atoms with E-state index in [1.54, 1.807) is 0 Å². The third-order valence-electron chi connectivity index (χ3n) is 9.84. The van der Waals surface area contributed by atoms with Crippen LogP contribution in [-0.2, 0) is 5.41 Å². The lowest BCUT2D eigenvalue weighted by molar-refractivity contribution is 0.661. The Morgan fingerprint density at radius 1 is 0.372 bits per heavy atom. The molecule has 0 aromatic heterocycles. The summed E-state index contributed by atoms with van der Waals surface area (Å²) in [7, 11) is 0. The van der Waals surface area contributed by atoms with E-state index in [9.17, 15) is 0 Å². The Labute approximate surface area is 251 Å². The average Bonchev–Trinajstić information content (AvgIpc) is 3.30. The van der Waals surface area contributed by atoms with Gasteiger partial charge in [-0.1, -0.05) is 147 Å². The van der Waals surface area contributed by atoms with Crippen molar-refractivity contribution in [2.45, 2.75) is 19.3 Å². The molecule has 202 valence electrons. The monoisotopic (exact) mass is 546 g/mol. The van der Waals surface area contributed by atoms with Crippen molar-refractivity contribution in [3.8, 4) is 33.4 Å². The van der Waals surface area contributed by atoms with Gasteiger partial charge in [-0.05, 0) is 99.7 Å². The van der Waals surface area contributed by atoms with Gasteiger partial charge in [0.25, 0.3) is 0 Å². The van der Waals surface area contributed by atoms with Crippen LogP contribution >= 0.6 is 0 Å². The Balaban J connectivity index is 1.20. The summed E-state index contributed by atoms with van der Waals surface area (Å²) >= 11 is 0. The topological polar surface area (TPSA) is 0 Å². The highest BCUT2D eigenvalue weighted by molar-refractivity contribution is 6.20. The summed E-state index contributed by atoms with van der Waals surface area (Å²) in [4.78, 5) is 0. The molecule has 0 heteroatoms. The van der Waals surface area contributed by atoms with Crippen molar-refractivity contribution in [1.29, 1.82) is 0 Å². The average molecular weight is 547 g/mol. The fourth-order valence-electron chi connectivity index (χ4n) is 7.64. The molecule has 0 heterocycles. The zero-order valence-corrected chi connectivity index (χ0v) is 24.4. The molecule has 8 aromatic rings. The first-order chi connectivity index (χ1) is 21.1. The minimum Gasteiger partial charge on any atom is -0.0619 e. The molecule has 0 aliphatic heterocycles. The van der Waals surface area contributed by atoms with Gasteiger partial charge in [0.2, 0.25) is 0 Å². The Bertz CT molecular complexity index is 2400. The molecule has 0 amide bonds. The molecule has 0 fully saturated rings. The van der Waals surface area contributed by atoms with Crippen LogP contribution in [-0.4, -0.2) is 0 Å². The van der Waals surface area contributed by atoms with Crippen molar-refractivity contribution in [2.75, 3.05) is 0 Å². The van der Waals surface area contributed by atoms with Crippen molar-refractivity contribution in [2.24, 2.45) is 0 Å². The molecule has 0 spiro atoms. The molecule has 0 bridgehead atoms. The molecule has 0 atom stereocenters. The molecular formula is C43H30. The number of hydrogen-bond acceptors (Lipinski definition) is 0. The quantitative estimate of drug-likeness (QED) is 0.189. The fourth-order valence-corrected chi connectivity index (χ4v) is 7.64. The van der Waals surface area contributed by atoms with Crippen molar-refractivity contribution < 1.29 is 0 Å². The zero-order chi connectivity index (χ0) is 28.7. The smallest absolute Gasteiger partial charge is 0.0159 e. The molecule has 0 unspecified atom stereocenters. The maximum atomic E-state index is 2.46. The maximum Gasteiger partial charge on any atom is 0.0159 e.